The number of rotatable bonds is 3. The molecular formula is C13H17IN4S. The van der Waals surface area contributed by atoms with Crippen molar-refractivity contribution in [1.82, 2.24) is 13.9 Å². The monoisotopic (exact) mass is 388 g/mol. The first kappa shape index (κ1) is 13.5. The number of anilines is 1. The van der Waals surface area contributed by atoms with Gasteiger partial charge in [-0.05, 0) is 18.9 Å². The number of hydrogen-bond donors (Lipinski definition) is 0. The van der Waals surface area contributed by atoms with E-state index in [1.54, 1.807) is 15.4 Å². The molecule has 6 heteroatoms. The fourth-order valence-corrected chi connectivity index (χ4v) is 4.16. The second kappa shape index (κ2) is 5.87. The first-order chi connectivity index (χ1) is 9.31. The van der Waals surface area contributed by atoms with Gasteiger partial charge in [0.15, 0.2) is 5.65 Å². The Labute approximate surface area is 129 Å². The van der Waals surface area contributed by atoms with Gasteiger partial charge < -0.3 is 4.90 Å². The molecule has 0 saturated heterocycles. The van der Waals surface area contributed by atoms with Crippen LogP contribution in [0.2, 0.25) is 0 Å². The number of halogens is 1. The predicted octanol–water partition coefficient (Wildman–Crippen LogP) is 4.05. The molecule has 102 valence electrons. The van der Waals surface area contributed by atoms with E-state index in [0.29, 0.717) is 6.04 Å². The van der Waals surface area contributed by atoms with Crippen molar-refractivity contribution in [2.24, 2.45) is 0 Å². The molecule has 1 saturated carbocycles. The minimum atomic E-state index is 0.627. The fourth-order valence-electron chi connectivity index (χ4n) is 2.89. The number of fused-ring (bicyclic) bond motifs is 1. The van der Waals surface area contributed by atoms with E-state index in [1.807, 2.05) is 0 Å². The van der Waals surface area contributed by atoms with Gasteiger partial charge in [-0.25, -0.2) is 9.97 Å². The predicted molar refractivity (Wildman–Crippen MR) is 89.8 cm³/mol. The molecule has 1 aliphatic rings. The zero-order valence-electron chi connectivity index (χ0n) is 10.9. The van der Waals surface area contributed by atoms with Crippen molar-refractivity contribution in [2.75, 3.05) is 11.9 Å². The molecule has 0 atom stereocenters. The average molecular weight is 388 g/mol. The van der Waals surface area contributed by atoms with Crippen LogP contribution in [0.5, 0.6) is 0 Å². The van der Waals surface area contributed by atoms with Gasteiger partial charge in [0, 0.05) is 49.6 Å². The highest BCUT2D eigenvalue weighted by Gasteiger charge is 2.21. The van der Waals surface area contributed by atoms with E-state index < -0.39 is 0 Å². The highest BCUT2D eigenvalue weighted by molar-refractivity contribution is 14.2. The van der Waals surface area contributed by atoms with Crippen LogP contribution in [-0.2, 0) is 0 Å². The molecule has 0 aromatic carbocycles. The summed E-state index contributed by atoms with van der Waals surface area (Å²) in [7, 11) is 3.81. The lowest BCUT2D eigenvalue weighted by molar-refractivity contribution is 0.426. The molecule has 0 bridgehead atoms. The smallest absolute Gasteiger partial charge is 0.156 e. The molecule has 1 aliphatic carbocycles. The first-order valence-corrected chi connectivity index (χ1v) is 9.97. The number of nitrogens with zero attached hydrogens (tertiary/aromatic N) is 4. The Hall–Kier alpha value is -0.500. The molecule has 19 heavy (non-hydrogen) atoms. The quantitative estimate of drug-likeness (QED) is 0.744. The molecule has 0 unspecified atom stereocenters. The summed E-state index contributed by atoms with van der Waals surface area (Å²) in [6, 6.07) is 2.75. The van der Waals surface area contributed by atoms with Crippen molar-refractivity contribution in [3.63, 3.8) is 0 Å². The molecule has 0 aliphatic heterocycles. The summed E-state index contributed by atoms with van der Waals surface area (Å²) < 4.78 is 2.08. The van der Waals surface area contributed by atoms with Gasteiger partial charge in [-0.1, -0.05) is 19.3 Å². The number of aromatic nitrogens is 3. The third kappa shape index (κ3) is 2.56. The molecule has 4 nitrogen and oxygen atoms in total. The highest BCUT2D eigenvalue weighted by atomic mass is 127. The van der Waals surface area contributed by atoms with Crippen LogP contribution in [-0.4, -0.2) is 27.0 Å². The van der Waals surface area contributed by atoms with Gasteiger partial charge in [-0.15, -0.1) is 0 Å². The maximum absolute atomic E-state index is 4.52. The molecule has 2 heterocycles. The third-order valence-electron chi connectivity index (χ3n) is 3.96. The Morgan fingerprint density at radius 1 is 1.32 bits per heavy atom. The molecule has 0 spiro atoms. The van der Waals surface area contributed by atoms with E-state index in [-0.39, 0.29) is 0 Å². The maximum atomic E-state index is 4.52. The van der Waals surface area contributed by atoms with Gasteiger partial charge in [-0.2, -0.15) is 0 Å². The normalized spacial score (nSPS) is 16.9. The summed E-state index contributed by atoms with van der Waals surface area (Å²) in [6.07, 6.45) is 10.4. The minimum Gasteiger partial charge on any atom is -0.356 e. The van der Waals surface area contributed by atoms with Crippen LogP contribution in [0.3, 0.4) is 0 Å². The van der Waals surface area contributed by atoms with Gasteiger partial charge in [0.2, 0.25) is 0 Å². The molecule has 3 rings (SSSR count). The van der Waals surface area contributed by atoms with Gasteiger partial charge >= 0.3 is 0 Å². The van der Waals surface area contributed by atoms with Crippen LogP contribution < -0.4 is 4.90 Å². The zero-order valence-corrected chi connectivity index (χ0v) is 13.9. The topological polar surface area (TPSA) is 34.0 Å². The lowest BCUT2D eigenvalue weighted by Gasteiger charge is -2.32. The van der Waals surface area contributed by atoms with E-state index in [4.69, 9.17) is 0 Å². The molecule has 2 aromatic rings. The van der Waals surface area contributed by atoms with Gasteiger partial charge in [0.25, 0.3) is 0 Å². The van der Waals surface area contributed by atoms with Crippen LogP contribution >= 0.6 is 30.3 Å². The van der Waals surface area contributed by atoms with E-state index in [1.165, 1.54) is 32.1 Å². The largest absolute Gasteiger partial charge is 0.356 e. The van der Waals surface area contributed by atoms with E-state index in [0.717, 1.165) is 16.9 Å². The van der Waals surface area contributed by atoms with Crippen LogP contribution in [0.1, 0.15) is 32.1 Å². The molecule has 1 fully saturated rings. The standard InChI is InChI=1S/C13H17IN4S/c1-17(10-5-3-2-4-6-10)12-11-7-8-18(19-14)13(11)16-9-15-12/h7-10H,2-6H2,1H3. The second-order valence-electron chi connectivity index (χ2n) is 5.05. The molecule has 0 radical (unpaired) electrons. The van der Waals surface area contributed by atoms with E-state index in [9.17, 15) is 0 Å². The summed E-state index contributed by atoms with van der Waals surface area (Å²) in [5.74, 6) is 1.07. The summed E-state index contributed by atoms with van der Waals surface area (Å²) in [4.78, 5) is 11.3. The summed E-state index contributed by atoms with van der Waals surface area (Å²) in [5, 5.41) is 1.15. The fraction of sp³-hybridized carbons (Fsp3) is 0.538. The van der Waals surface area contributed by atoms with Crippen molar-refractivity contribution < 1.29 is 0 Å². The van der Waals surface area contributed by atoms with Crippen molar-refractivity contribution in [3.05, 3.63) is 18.6 Å². The Morgan fingerprint density at radius 3 is 2.84 bits per heavy atom. The second-order valence-corrected chi connectivity index (χ2v) is 6.76. The SMILES string of the molecule is CN(c1ncnc2c1ccn2SI)C1CCCCC1. The van der Waals surface area contributed by atoms with Gasteiger partial charge in [0.05, 0.1) is 5.39 Å². The van der Waals surface area contributed by atoms with Crippen molar-refractivity contribution in [2.45, 2.75) is 38.1 Å². The minimum absolute atomic E-state index is 0.627. The number of hydrogen-bond acceptors (Lipinski definition) is 4. The molecule has 0 N–H and O–H groups in total. The Bertz CT molecular complexity index is 565. The van der Waals surface area contributed by atoms with Crippen LogP contribution in [0.25, 0.3) is 11.0 Å². The average Bonchev–Trinajstić information content (AvgIpc) is 2.90. The summed E-state index contributed by atoms with van der Waals surface area (Å²) in [5.41, 5.74) is 1.01. The Morgan fingerprint density at radius 2 is 2.11 bits per heavy atom. The Balaban J connectivity index is 1.97. The van der Waals surface area contributed by atoms with Gasteiger partial charge in [-0.3, -0.25) is 3.97 Å². The highest BCUT2D eigenvalue weighted by Crippen LogP contribution is 2.31. The molecule has 2 aromatic heterocycles. The van der Waals surface area contributed by atoms with Gasteiger partial charge in [0.1, 0.15) is 12.1 Å². The summed E-state index contributed by atoms with van der Waals surface area (Å²) >= 11 is 2.28. The third-order valence-corrected chi connectivity index (χ3v) is 5.67. The summed E-state index contributed by atoms with van der Waals surface area (Å²) in [6.45, 7) is 0. The lowest BCUT2D eigenvalue weighted by Crippen LogP contribution is -2.34. The van der Waals surface area contributed by atoms with Crippen molar-refractivity contribution in [1.29, 1.82) is 0 Å². The Kier molecular flexibility index (Phi) is 4.16. The van der Waals surface area contributed by atoms with E-state index in [2.05, 4.69) is 59.4 Å². The van der Waals surface area contributed by atoms with Crippen LogP contribution in [0.4, 0.5) is 5.82 Å². The van der Waals surface area contributed by atoms with Crippen molar-refractivity contribution >= 4 is 47.2 Å². The molecular weight excluding hydrogens is 371 g/mol. The zero-order chi connectivity index (χ0) is 13.2. The van der Waals surface area contributed by atoms with Crippen molar-refractivity contribution in [3.8, 4) is 0 Å². The first-order valence-electron chi connectivity index (χ1n) is 6.65. The molecule has 0 amide bonds. The van der Waals surface area contributed by atoms with Crippen LogP contribution in [0, 0.1) is 0 Å². The lowest BCUT2D eigenvalue weighted by atomic mass is 9.94. The van der Waals surface area contributed by atoms with E-state index >= 15 is 0 Å². The maximum Gasteiger partial charge on any atom is 0.156 e. The van der Waals surface area contributed by atoms with Crippen LogP contribution in [0.15, 0.2) is 18.6 Å².